The first-order valence-electron chi connectivity index (χ1n) is 8.51. The summed E-state index contributed by atoms with van der Waals surface area (Å²) in [6, 6.07) is 12.0. The summed E-state index contributed by atoms with van der Waals surface area (Å²) >= 11 is 0. The molecular formula is C19H19N3O7. The molecule has 0 saturated carbocycles. The van der Waals surface area contributed by atoms with Crippen LogP contribution in [0, 0.1) is 10.1 Å². The Morgan fingerprint density at radius 3 is 2.31 bits per heavy atom. The van der Waals surface area contributed by atoms with Crippen LogP contribution in [0.25, 0.3) is 0 Å². The maximum Gasteiger partial charge on any atom is 0.306 e. The maximum atomic E-state index is 11.8. The lowest BCUT2D eigenvalue weighted by Gasteiger charge is -2.08. The van der Waals surface area contributed by atoms with Crippen LogP contribution in [0.2, 0.25) is 0 Å². The largest absolute Gasteiger partial charge is 0.497 e. The highest BCUT2D eigenvalue weighted by Crippen LogP contribution is 2.17. The number of nitro groups is 1. The van der Waals surface area contributed by atoms with Crippen molar-refractivity contribution in [2.45, 2.75) is 12.8 Å². The van der Waals surface area contributed by atoms with Gasteiger partial charge in [0, 0.05) is 36.0 Å². The number of hydrogen-bond acceptors (Lipinski definition) is 7. The Balaban J connectivity index is 1.69. The zero-order valence-electron chi connectivity index (χ0n) is 15.5. The number of hydrogen-bond donors (Lipinski definition) is 2. The number of ether oxygens (including phenoxy) is 2. The van der Waals surface area contributed by atoms with E-state index in [1.165, 1.54) is 31.4 Å². The Bertz CT molecular complexity index is 897. The van der Waals surface area contributed by atoms with Gasteiger partial charge in [0.1, 0.15) is 5.75 Å². The van der Waals surface area contributed by atoms with E-state index >= 15 is 0 Å². The number of nitrogens with one attached hydrogen (secondary N) is 2. The summed E-state index contributed by atoms with van der Waals surface area (Å²) in [5.74, 6) is -1.12. The van der Waals surface area contributed by atoms with E-state index in [0.717, 1.165) is 0 Å². The number of benzene rings is 2. The summed E-state index contributed by atoms with van der Waals surface area (Å²) < 4.78 is 9.88. The quantitative estimate of drug-likeness (QED) is 0.374. The van der Waals surface area contributed by atoms with Crippen molar-refractivity contribution in [1.29, 1.82) is 0 Å². The van der Waals surface area contributed by atoms with Crippen LogP contribution in [0.1, 0.15) is 12.8 Å². The summed E-state index contributed by atoms with van der Waals surface area (Å²) in [4.78, 5) is 45.4. The molecule has 2 N–H and O–H groups in total. The molecule has 0 aromatic heterocycles. The third-order valence-corrected chi connectivity index (χ3v) is 3.64. The van der Waals surface area contributed by atoms with Crippen LogP contribution in [-0.2, 0) is 19.1 Å². The Kier molecular flexibility index (Phi) is 7.66. The second-order valence-electron chi connectivity index (χ2n) is 5.79. The van der Waals surface area contributed by atoms with Gasteiger partial charge in [-0.25, -0.2) is 0 Å². The molecule has 0 aliphatic heterocycles. The number of methoxy groups -OCH3 is 1. The number of nitro benzene ring substituents is 1. The molecule has 0 fully saturated rings. The highest BCUT2D eigenvalue weighted by atomic mass is 16.6. The van der Waals surface area contributed by atoms with Gasteiger partial charge in [-0.3, -0.25) is 24.5 Å². The van der Waals surface area contributed by atoms with Crippen molar-refractivity contribution >= 4 is 34.8 Å². The predicted octanol–water partition coefficient (Wildman–Crippen LogP) is 2.50. The topological polar surface area (TPSA) is 137 Å². The lowest BCUT2D eigenvalue weighted by Crippen LogP contribution is -2.21. The number of esters is 1. The van der Waals surface area contributed by atoms with Crippen molar-refractivity contribution in [2.75, 3.05) is 24.4 Å². The fourth-order valence-corrected chi connectivity index (χ4v) is 2.22. The molecule has 2 amide bonds. The molecule has 2 rings (SSSR count). The summed E-state index contributed by atoms with van der Waals surface area (Å²) in [6.07, 6.45) is -0.376. The monoisotopic (exact) mass is 401 g/mol. The van der Waals surface area contributed by atoms with Crippen LogP contribution in [0.4, 0.5) is 17.1 Å². The summed E-state index contributed by atoms with van der Waals surface area (Å²) in [5, 5.41) is 15.7. The van der Waals surface area contributed by atoms with E-state index in [4.69, 9.17) is 9.47 Å². The average Bonchev–Trinajstić information content (AvgIpc) is 2.71. The first kappa shape index (κ1) is 21.4. The highest BCUT2D eigenvalue weighted by Gasteiger charge is 2.12. The molecule has 0 atom stereocenters. The van der Waals surface area contributed by atoms with E-state index in [0.29, 0.717) is 17.1 Å². The molecule has 10 nitrogen and oxygen atoms in total. The first-order valence-corrected chi connectivity index (χ1v) is 8.51. The van der Waals surface area contributed by atoms with Gasteiger partial charge in [0.15, 0.2) is 6.61 Å². The highest BCUT2D eigenvalue weighted by molar-refractivity contribution is 5.94. The van der Waals surface area contributed by atoms with Gasteiger partial charge in [-0.05, 0) is 24.3 Å². The van der Waals surface area contributed by atoms with Gasteiger partial charge >= 0.3 is 5.97 Å². The van der Waals surface area contributed by atoms with Crippen molar-refractivity contribution < 1.29 is 28.8 Å². The molecule has 152 valence electrons. The number of carbonyl (C=O) groups is 3. The second-order valence-corrected chi connectivity index (χ2v) is 5.79. The summed E-state index contributed by atoms with van der Waals surface area (Å²) in [5.41, 5.74) is 0.762. The molecule has 0 unspecified atom stereocenters. The molecule has 0 radical (unpaired) electrons. The lowest BCUT2D eigenvalue weighted by molar-refractivity contribution is -0.384. The number of rotatable bonds is 9. The van der Waals surface area contributed by atoms with E-state index in [9.17, 15) is 24.5 Å². The maximum absolute atomic E-state index is 11.8. The molecule has 2 aromatic carbocycles. The normalized spacial score (nSPS) is 9.97. The molecular weight excluding hydrogens is 382 g/mol. The number of amides is 2. The fourth-order valence-electron chi connectivity index (χ4n) is 2.22. The lowest BCUT2D eigenvalue weighted by atomic mass is 10.2. The SMILES string of the molecule is COc1cccc(NC(=O)COC(=O)CCC(=O)Nc2ccc([N+](=O)[O-])cc2)c1. The van der Waals surface area contributed by atoms with Crippen molar-refractivity contribution in [3.05, 3.63) is 58.6 Å². The van der Waals surface area contributed by atoms with Crippen LogP contribution in [0.3, 0.4) is 0 Å². The van der Waals surface area contributed by atoms with Gasteiger partial charge in [-0.2, -0.15) is 0 Å². The standard InChI is InChI=1S/C19H19N3O7/c1-28-16-4-2-3-14(11-16)21-18(24)12-29-19(25)10-9-17(23)20-13-5-7-15(8-6-13)22(26)27/h2-8,11H,9-10,12H2,1H3,(H,20,23)(H,21,24). The van der Waals surface area contributed by atoms with Crippen molar-refractivity contribution in [1.82, 2.24) is 0 Å². The molecule has 0 aliphatic rings. The average molecular weight is 401 g/mol. The molecule has 0 saturated heterocycles. The molecule has 0 bridgehead atoms. The van der Waals surface area contributed by atoms with Crippen molar-refractivity contribution in [2.24, 2.45) is 0 Å². The van der Waals surface area contributed by atoms with Crippen LogP contribution in [0.15, 0.2) is 48.5 Å². The number of nitrogens with zero attached hydrogens (tertiary/aromatic N) is 1. The van der Waals surface area contributed by atoms with Gasteiger partial charge < -0.3 is 20.1 Å². The second kappa shape index (κ2) is 10.4. The number of anilines is 2. The van der Waals surface area contributed by atoms with Gasteiger partial charge in [-0.1, -0.05) is 6.07 Å². The minimum atomic E-state index is -0.704. The van der Waals surface area contributed by atoms with Crippen LogP contribution >= 0.6 is 0 Å². The molecule has 0 aliphatic carbocycles. The predicted molar refractivity (Wildman–Crippen MR) is 104 cm³/mol. The van der Waals surface area contributed by atoms with Gasteiger partial charge in [-0.15, -0.1) is 0 Å². The summed E-state index contributed by atoms with van der Waals surface area (Å²) in [7, 11) is 1.50. The van der Waals surface area contributed by atoms with Crippen LogP contribution < -0.4 is 15.4 Å². The number of non-ortho nitro benzene ring substituents is 1. The number of carbonyl (C=O) groups excluding carboxylic acids is 3. The zero-order chi connectivity index (χ0) is 21.2. The Morgan fingerprint density at radius 2 is 1.66 bits per heavy atom. The minimum absolute atomic E-state index is 0.0983. The Labute approximate surface area is 166 Å². The van der Waals surface area contributed by atoms with E-state index in [-0.39, 0.29) is 18.5 Å². The van der Waals surface area contributed by atoms with Crippen molar-refractivity contribution in [3.63, 3.8) is 0 Å². The van der Waals surface area contributed by atoms with Crippen LogP contribution in [-0.4, -0.2) is 36.4 Å². The molecule has 0 spiro atoms. The molecule has 2 aromatic rings. The fraction of sp³-hybridized carbons (Fsp3) is 0.211. The van der Waals surface area contributed by atoms with E-state index in [1.54, 1.807) is 24.3 Å². The Hall–Kier alpha value is -3.95. The van der Waals surface area contributed by atoms with E-state index in [1.807, 2.05) is 0 Å². The zero-order valence-corrected chi connectivity index (χ0v) is 15.5. The van der Waals surface area contributed by atoms with Crippen molar-refractivity contribution in [3.8, 4) is 5.75 Å². The Morgan fingerprint density at radius 1 is 0.966 bits per heavy atom. The minimum Gasteiger partial charge on any atom is -0.497 e. The molecule has 0 heterocycles. The third kappa shape index (κ3) is 7.29. The smallest absolute Gasteiger partial charge is 0.306 e. The molecule has 10 heteroatoms. The molecule has 29 heavy (non-hydrogen) atoms. The van der Waals surface area contributed by atoms with Gasteiger partial charge in [0.2, 0.25) is 5.91 Å². The first-order chi connectivity index (χ1) is 13.9. The third-order valence-electron chi connectivity index (χ3n) is 3.64. The van der Waals surface area contributed by atoms with Gasteiger partial charge in [0.25, 0.3) is 11.6 Å². The van der Waals surface area contributed by atoms with Crippen LogP contribution in [0.5, 0.6) is 5.75 Å². The van der Waals surface area contributed by atoms with E-state index in [2.05, 4.69) is 10.6 Å². The van der Waals surface area contributed by atoms with Gasteiger partial charge in [0.05, 0.1) is 18.5 Å². The summed E-state index contributed by atoms with van der Waals surface area (Å²) in [6.45, 7) is -0.486. The van der Waals surface area contributed by atoms with E-state index < -0.39 is 29.3 Å².